The molecule has 1 fully saturated rings. The van der Waals surface area contributed by atoms with Crippen LogP contribution in [0.2, 0.25) is 0 Å². The summed E-state index contributed by atoms with van der Waals surface area (Å²) >= 11 is 1.57. The number of carbonyl (C=O) groups is 1. The molecule has 38 heavy (non-hydrogen) atoms. The largest absolute Gasteiger partial charge is 0.380 e. The second-order valence-corrected chi connectivity index (χ2v) is 12.5. The number of benzene rings is 2. The van der Waals surface area contributed by atoms with Crippen molar-refractivity contribution >= 4 is 33.4 Å². The molecule has 3 rings (SSSR count). The number of methoxy groups -OCH3 is 1. The van der Waals surface area contributed by atoms with E-state index in [2.05, 4.69) is 21.0 Å². The lowest BCUT2D eigenvalue weighted by Gasteiger charge is -2.34. The fraction of sp³-hybridized carbons (Fsp3) is 0.481. The number of nitrogens with zero attached hydrogens (tertiary/aromatic N) is 2. The van der Waals surface area contributed by atoms with Gasteiger partial charge in [0.2, 0.25) is 0 Å². The van der Waals surface area contributed by atoms with Crippen LogP contribution in [0.15, 0.2) is 52.3 Å². The predicted octanol–water partition coefficient (Wildman–Crippen LogP) is 4.38. The summed E-state index contributed by atoms with van der Waals surface area (Å²) in [4.78, 5) is 15.7. The molecule has 206 valence electrons. The van der Waals surface area contributed by atoms with Crippen molar-refractivity contribution in [3.63, 3.8) is 0 Å². The van der Waals surface area contributed by atoms with Crippen molar-refractivity contribution in [3.8, 4) is 6.07 Å². The number of halogens is 1. The number of ether oxygens (including phenoxy) is 1. The van der Waals surface area contributed by atoms with Gasteiger partial charge in [-0.2, -0.15) is 5.26 Å². The zero-order valence-corrected chi connectivity index (χ0v) is 23.6. The van der Waals surface area contributed by atoms with Crippen LogP contribution in [0.3, 0.4) is 0 Å². The number of nitrogens with one attached hydrogen (secondary N) is 2. The van der Waals surface area contributed by atoms with Crippen LogP contribution in [-0.2, 0) is 19.6 Å². The third kappa shape index (κ3) is 7.93. The van der Waals surface area contributed by atoms with Crippen LogP contribution >= 0.6 is 11.8 Å². The maximum absolute atomic E-state index is 13.3. The summed E-state index contributed by atoms with van der Waals surface area (Å²) in [5, 5.41) is 13.2. The molecule has 0 unspecified atom stereocenters. The Hall–Kier alpha value is -2.65. The maximum Gasteiger partial charge on any atom is 0.265 e. The maximum atomic E-state index is 13.3. The molecule has 0 bridgehead atoms. The molecular formula is C27H35FN4O4S2. The number of carbonyl (C=O) groups excluding carboxylic acids is 1. The van der Waals surface area contributed by atoms with E-state index in [0.717, 1.165) is 37.1 Å². The van der Waals surface area contributed by atoms with Gasteiger partial charge in [0, 0.05) is 23.8 Å². The minimum Gasteiger partial charge on any atom is -0.380 e. The van der Waals surface area contributed by atoms with Gasteiger partial charge in [-0.05, 0) is 82.4 Å². The first-order chi connectivity index (χ1) is 18.1. The van der Waals surface area contributed by atoms with Gasteiger partial charge in [-0.25, -0.2) is 17.5 Å². The zero-order valence-electron chi connectivity index (χ0n) is 22.0. The molecule has 2 aromatic rings. The van der Waals surface area contributed by atoms with Gasteiger partial charge in [0.15, 0.2) is 0 Å². The fourth-order valence-electron chi connectivity index (χ4n) is 4.39. The van der Waals surface area contributed by atoms with E-state index in [4.69, 9.17) is 4.74 Å². The second kappa shape index (κ2) is 13.4. The van der Waals surface area contributed by atoms with Crippen molar-refractivity contribution in [1.29, 1.82) is 5.26 Å². The van der Waals surface area contributed by atoms with Gasteiger partial charge in [-0.3, -0.25) is 4.79 Å². The molecule has 1 saturated carbocycles. The van der Waals surface area contributed by atoms with Crippen molar-refractivity contribution in [2.24, 2.45) is 0 Å². The first-order valence-corrected chi connectivity index (χ1v) is 15.0. The third-order valence-corrected chi connectivity index (χ3v) is 9.17. The summed E-state index contributed by atoms with van der Waals surface area (Å²) in [6, 6.07) is 12.5. The predicted molar refractivity (Wildman–Crippen MR) is 147 cm³/mol. The molecule has 11 heteroatoms. The van der Waals surface area contributed by atoms with Crippen LogP contribution in [0.5, 0.6) is 0 Å². The average Bonchev–Trinajstić information content (AvgIpc) is 2.91. The minimum absolute atomic E-state index is 0.0467. The van der Waals surface area contributed by atoms with Crippen molar-refractivity contribution in [2.75, 3.05) is 38.8 Å². The Morgan fingerprint density at radius 3 is 2.47 bits per heavy atom. The number of nitriles is 1. The van der Waals surface area contributed by atoms with E-state index >= 15 is 0 Å². The van der Waals surface area contributed by atoms with Crippen molar-refractivity contribution in [2.45, 2.75) is 60.0 Å². The summed E-state index contributed by atoms with van der Waals surface area (Å²) in [6.07, 6.45) is 4.23. The second-order valence-electron chi connectivity index (χ2n) is 9.71. The lowest BCUT2D eigenvalue weighted by atomic mass is 9.84. The Balaban J connectivity index is 1.76. The van der Waals surface area contributed by atoms with Crippen LogP contribution in [0.25, 0.3) is 0 Å². The molecule has 0 heterocycles. The quantitative estimate of drug-likeness (QED) is 0.367. The standard InChI is InChI=1S/C27H35FN4O4S2/c1-32(2)16-13-22(19-37-23-9-7-21(28)8-10-23)30-25-12-11-24(17-20(25)18-29)38(34,35)31-26(33)27(36-3)14-5-4-6-15-27/h7-12,17,22,30H,4-6,13-16,19H2,1-3H3,(H,31,33)/t22-/m1/s1. The van der Waals surface area contributed by atoms with E-state index in [1.807, 2.05) is 14.1 Å². The number of amides is 1. The molecule has 0 aromatic heterocycles. The number of rotatable bonds is 12. The van der Waals surface area contributed by atoms with Crippen molar-refractivity contribution < 1.29 is 22.3 Å². The topological polar surface area (TPSA) is 112 Å². The Labute approximate surface area is 229 Å². The van der Waals surface area contributed by atoms with Gasteiger partial charge in [-0.15, -0.1) is 11.8 Å². The van der Waals surface area contributed by atoms with Crippen LogP contribution in [-0.4, -0.2) is 64.4 Å². The van der Waals surface area contributed by atoms with Gasteiger partial charge in [0.1, 0.15) is 17.5 Å². The molecule has 1 aliphatic carbocycles. The van der Waals surface area contributed by atoms with Crippen molar-refractivity contribution in [3.05, 3.63) is 53.8 Å². The Bertz CT molecular complexity index is 1240. The molecule has 0 saturated heterocycles. The molecule has 1 aliphatic rings. The number of thioether (sulfide) groups is 1. The van der Waals surface area contributed by atoms with Gasteiger partial charge in [0.05, 0.1) is 16.1 Å². The molecule has 0 radical (unpaired) electrons. The molecule has 1 atom stereocenters. The molecule has 8 nitrogen and oxygen atoms in total. The lowest BCUT2D eigenvalue weighted by Crippen LogP contribution is -2.51. The molecule has 1 amide bonds. The van der Waals surface area contributed by atoms with E-state index < -0.39 is 21.5 Å². The van der Waals surface area contributed by atoms with Gasteiger partial charge in [-0.1, -0.05) is 19.3 Å². The van der Waals surface area contributed by atoms with E-state index in [1.54, 1.807) is 30.0 Å². The first-order valence-electron chi connectivity index (χ1n) is 12.5. The zero-order chi connectivity index (χ0) is 27.8. The van der Waals surface area contributed by atoms with E-state index in [9.17, 15) is 22.9 Å². The summed E-state index contributed by atoms with van der Waals surface area (Å²) < 4.78 is 47.0. The fourth-order valence-corrected chi connectivity index (χ4v) is 6.43. The highest BCUT2D eigenvalue weighted by molar-refractivity contribution is 7.99. The van der Waals surface area contributed by atoms with Crippen molar-refractivity contribution in [1.82, 2.24) is 9.62 Å². The first kappa shape index (κ1) is 29.9. The molecule has 2 aromatic carbocycles. The SMILES string of the molecule is COC1(C(=O)NS(=O)(=O)c2ccc(N[C@H](CCN(C)C)CSc3ccc(F)cc3)c(C#N)c2)CCCCC1. The molecule has 0 aliphatic heterocycles. The number of hydrogen-bond acceptors (Lipinski definition) is 8. The van der Waals surface area contributed by atoms with Gasteiger partial charge >= 0.3 is 0 Å². The minimum atomic E-state index is -4.21. The van der Waals surface area contributed by atoms with E-state index in [-0.39, 0.29) is 22.3 Å². The molecule has 0 spiro atoms. The van der Waals surface area contributed by atoms with Crippen LogP contribution < -0.4 is 10.0 Å². The summed E-state index contributed by atoms with van der Waals surface area (Å²) in [7, 11) is 1.16. The Kier molecular flexibility index (Phi) is 10.6. The molecular weight excluding hydrogens is 527 g/mol. The van der Waals surface area contributed by atoms with Crippen LogP contribution in [0.4, 0.5) is 10.1 Å². The average molecular weight is 563 g/mol. The lowest BCUT2D eigenvalue weighted by molar-refractivity contribution is -0.145. The summed E-state index contributed by atoms with van der Waals surface area (Å²) in [5.41, 5.74) is -0.504. The van der Waals surface area contributed by atoms with E-state index in [0.29, 0.717) is 24.3 Å². The highest BCUT2D eigenvalue weighted by Gasteiger charge is 2.41. The highest BCUT2D eigenvalue weighted by Crippen LogP contribution is 2.32. The Morgan fingerprint density at radius 2 is 1.87 bits per heavy atom. The summed E-state index contributed by atoms with van der Waals surface area (Å²) in [6.45, 7) is 0.795. The van der Waals surface area contributed by atoms with Crippen LogP contribution in [0.1, 0.15) is 44.1 Å². The third-order valence-electron chi connectivity index (χ3n) is 6.66. The highest BCUT2D eigenvalue weighted by atomic mass is 32.2. The summed E-state index contributed by atoms with van der Waals surface area (Å²) in [5.74, 6) is -0.320. The monoisotopic (exact) mass is 562 g/mol. The Morgan fingerprint density at radius 1 is 1.18 bits per heavy atom. The van der Waals surface area contributed by atoms with Gasteiger partial charge in [0.25, 0.3) is 15.9 Å². The number of sulfonamides is 1. The van der Waals surface area contributed by atoms with Crippen LogP contribution in [0, 0.1) is 17.1 Å². The smallest absolute Gasteiger partial charge is 0.265 e. The molecule has 2 N–H and O–H groups in total. The number of anilines is 1. The normalized spacial score (nSPS) is 16.0. The number of hydrogen-bond donors (Lipinski definition) is 2. The van der Waals surface area contributed by atoms with Gasteiger partial charge < -0.3 is 15.0 Å². The van der Waals surface area contributed by atoms with E-state index in [1.165, 1.54) is 31.4 Å².